The number of aliphatic hydroxyl groups is 1. The van der Waals surface area contributed by atoms with Gasteiger partial charge < -0.3 is 10.2 Å². The first-order chi connectivity index (χ1) is 13.2. The molecular formula is C25H42O3. The number of carbonyl (C=O) groups is 1. The molecule has 0 spiro atoms. The molecule has 3 heteroatoms. The molecule has 4 aliphatic rings. The predicted octanol–water partition coefficient (Wildman–Crippen LogP) is 5.75. The summed E-state index contributed by atoms with van der Waals surface area (Å²) >= 11 is 0. The molecule has 0 radical (unpaired) electrons. The molecule has 4 rings (SSSR count). The number of hydrogen-bond acceptors (Lipinski definition) is 2. The van der Waals surface area contributed by atoms with Gasteiger partial charge in [-0.3, -0.25) is 4.79 Å². The van der Waals surface area contributed by atoms with Gasteiger partial charge in [0.1, 0.15) is 0 Å². The highest BCUT2D eigenvalue weighted by Crippen LogP contribution is 2.68. The molecule has 0 aromatic carbocycles. The third-order valence-corrected chi connectivity index (χ3v) is 10.5. The molecule has 3 nitrogen and oxygen atoms in total. The van der Waals surface area contributed by atoms with Crippen LogP contribution in [0.5, 0.6) is 0 Å². The summed E-state index contributed by atoms with van der Waals surface area (Å²) in [5.74, 6) is 3.78. The van der Waals surface area contributed by atoms with E-state index in [0.29, 0.717) is 52.8 Å². The molecule has 2 N–H and O–H groups in total. The van der Waals surface area contributed by atoms with Crippen molar-refractivity contribution in [3.8, 4) is 0 Å². The number of carboxylic acids is 1. The van der Waals surface area contributed by atoms with E-state index in [1.165, 1.54) is 44.9 Å². The van der Waals surface area contributed by atoms with Crippen molar-refractivity contribution in [2.24, 2.45) is 52.3 Å². The summed E-state index contributed by atoms with van der Waals surface area (Å²) in [5.41, 5.74) is 0.732. The lowest BCUT2D eigenvalue weighted by Crippen LogP contribution is -2.58. The van der Waals surface area contributed by atoms with Crippen LogP contribution in [0.25, 0.3) is 0 Å². The Hall–Kier alpha value is -0.570. The van der Waals surface area contributed by atoms with E-state index in [1.54, 1.807) is 0 Å². The molecule has 0 unspecified atom stereocenters. The minimum Gasteiger partial charge on any atom is -0.481 e. The van der Waals surface area contributed by atoms with Crippen LogP contribution in [0.2, 0.25) is 0 Å². The van der Waals surface area contributed by atoms with E-state index in [4.69, 9.17) is 5.11 Å². The van der Waals surface area contributed by atoms with Crippen LogP contribution in [0.3, 0.4) is 0 Å². The van der Waals surface area contributed by atoms with Crippen molar-refractivity contribution in [2.75, 3.05) is 0 Å². The standard InChI is InChI=1S/C25H42O3/c1-15-9-11-24(3)17(13-15)14-21(26)23-19-7-6-18(16(2)5-8-22(27)28)25(19,4)12-10-20(23)24/h15-21,23,26H,5-14H2,1-4H3,(H,27,28)/t15-,16-,17+,18-,19+,20+,21-,23+,24+,25-/m1/s1. The Labute approximate surface area is 171 Å². The molecule has 4 aliphatic carbocycles. The molecule has 10 atom stereocenters. The highest BCUT2D eigenvalue weighted by atomic mass is 16.4. The summed E-state index contributed by atoms with van der Waals surface area (Å²) in [5, 5.41) is 20.4. The van der Waals surface area contributed by atoms with Crippen LogP contribution in [0.4, 0.5) is 0 Å². The smallest absolute Gasteiger partial charge is 0.303 e. The minimum atomic E-state index is -0.663. The molecule has 4 fully saturated rings. The number of fused-ring (bicyclic) bond motifs is 5. The van der Waals surface area contributed by atoms with Crippen LogP contribution in [-0.4, -0.2) is 22.3 Å². The summed E-state index contributed by atoms with van der Waals surface area (Å²) in [6, 6.07) is 0. The first-order valence-corrected chi connectivity index (χ1v) is 12.1. The molecule has 0 aliphatic heterocycles. The maximum absolute atomic E-state index is 11.3. The summed E-state index contributed by atoms with van der Waals surface area (Å²) in [6.45, 7) is 9.74. The monoisotopic (exact) mass is 390 g/mol. The topological polar surface area (TPSA) is 57.5 Å². The van der Waals surface area contributed by atoms with Crippen molar-refractivity contribution in [3.05, 3.63) is 0 Å². The lowest BCUT2D eigenvalue weighted by Gasteiger charge is -2.62. The lowest BCUT2D eigenvalue weighted by atomic mass is 9.43. The SMILES string of the molecule is C[C@@H]1CC[C@@]2(C)[C@@H](C1)C[C@@H](O)[C@@H]1[C@@H]2CC[C@]2(C)[C@@H]([C@H](C)CCC(=O)O)CC[C@@H]12. The van der Waals surface area contributed by atoms with Gasteiger partial charge in [-0.15, -0.1) is 0 Å². The van der Waals surface area contributed by atoms with Gasteiger partial charge in [-0.1, -0.05) is 34.1 Å². The number of aliphatic hydroxyl groups excluding tert-OH is 1. The van der Waals surface area contributed by atoms with Gasteiger partial charge in [0.2, 0.25) is 0 Å². The Morgan fingerprint density at radius 2 is 1.71 bits per heavy atom. The van der Waals surface area contributed by atoms with Crippen LogP contribution >= 0.6 is 0 Å². The maximum atomic E-state index is 11.3. The van der Waals surface area contributed by atoms with Gasteiger partial charge in [-0.2, -0.15) is 0 Å². The number of carboxylic acid groups (broad SMARTS) is 1. The second-order valence-corrected chi connectivity index (χ2v) is 11.8. The van der Waals surface area contributed by atoms with Crippen molar-refractivity contribution < 1.29 is 15.0 Å². The summed E-state index contributed by atoms with van der Waals surface area (Å²) in [4.78, 5) is 11.1. The van der Waals surface area contributed by atoms with Crippen LogP contribution in [-0.2, 0) is 4.79 Å². The number of rotatable bonds is 4. The average molecular weight is 391 g/mol. The average Bonchev–Trinajstić information content (AvgIpc) is 2.98. The molecular weight excluding hydrogens is 348 g/mol. The molecule has 0 aromatic heterocycles. The Bertz CT molecular complexity index is 603. The molecule has 0 bridgehead atoms. The van der Waals surface area contributed by atoms with Crippen molar-refractivity contribution in [1.29, 1.82) is 0 Å². The molecule has 160 valence electrons. The molecule has 0 aromatic rings. The van der Waals surface area contributed by atoms with Crippen LogP contribution in [0.15, 0.2) is 0 Å². The first-order valence-electron chi connectivity index (χ1n) is 12.1. The Morgan fingerprint density at radius 1 is 1.04 bits per heavy atom. The first kappa shape index (κ1) is 20.7. The summed E-state index contributed by atoms with van der Waals surface area (Å²) in [6.07, 6.45) is 11.1. The largest absolute Gasteiger partial charge is 0.481 e. The fourth-order valence-electron chi connectivity index (χ4n) is 8.96. The van der Waals surface area contributed by atoms with E-state index in [-0.39, 0.29) is 6.10 Å². The van der Waals surface area contributed by atoms with E-state index in [9.17, 15) is 9.90 Å². The third-order valence-electron chi connectivity index (χ3n) is 10.5. The van der Waals surface area contributed by atoms with Crippen LogP contribution < -0.4 is 0 Å². The normalized spacial score (nSPS) is 51.7. The number of hydrogen-bond donors (Lipinski definition) is 2. The zero-order valence-electron chi connectivity index (χ0n) is 18.5. The molecule has 28 heavy (non-hydrogen) atoms. The fourth-order valence-corrected chi connectivity index (χ4v) is 8.96. The highest BCUT2D eigenvalue weighted by molar-refractivity contribution is 5.66. The van der Waals surface area contributed by atoms with Gasteiger partial charge in [0.15, 0.2) is 0 Å². The second-order valence-electron chi connectivity index (χ2n) is 11.8. The van der Waals surface area contributed by atoms with Crippen molar-refractivity contribution in [3.63, 3.8) is 0 Å². The molecule has 0 amide bonds. The minimum absolute atomic E-state index is 0.119. The zero-order valence-corrected chi connectivity index (χ0v) is 18.5. The molecule has 4 saturated carbocycles. The fraction of sp³-hybridized carbons (Fsp3) is 0.960. The maximum Gasteiger partial charge on any atom is 0.303 e. The van der Waals surface area contributed by atoms with Gasteiger partial charge in [0, 0.05) is 6.42 Å². The van der Waals surface area contributed by atoms with E-state index in [1.807, 2.05) is 0 Å². The zero-order chi connectivity index (χ0) is 20.3. The van der Waals surface area contributed by atoms with E-state index in [0.717, 1.165) is 18.8 Å². The Morgan fingerprint density at radius 3 is 2.43 bits per heavy atom. The lowest BCUT2D eigenvalue weighted by molar-refractivity contribution is -0.168. The number of aliphatic carboxylic acids is 1. The van der Waals surface area contributed by atoms with Crippen LogP contribution in [0.1, 0.15) is 91.9 Å². The van der Waals surface area contributed by atoms with Gasteiger partial charge in [-0.05, 0) is 104 Å². The van der Waals surface area contributed by atoms with Crippen molar-refractivity contribution in [1.82, 2.24) is 0 Å². The Balaban J connectivity index is 1.55. The molecule has 0 heterocycles. The quantitative estimate of drug-likeness (QED) is 0.642. The Kier molecular flexibility index (Phi) is 5.39. The highest BCUT2D eigenvalue weighted by Gasteiger charge is 2.62. The van der Waals surface area contributed by atoms with Gasteiger partial charge in [0.05, 0.1) is 6.10 Å². The predicted molar refractivity (Wildman–Crippen MR) is 112 cm³/mol. The van der Waals surface area contributed by atoms with Crippen molar-refractivity contribution in [2.45, 2.75) is 98.0 Å². The third kappa shape index (κ3) is 3.15. The second kappa shape index (κ2) is 7.29. The summed E-state index contributed by atoms with van der Waals surface area (Å²) in [7, 11) is 0. The molecule has 0 saturated heterocycles. The van der Waals surface area contributed by atoms with Gasteiger partial charge in [0.25, 0.3) is 0 Å². The van der Waals surface area contributed by atoms with Gasteiger partial charge >= 0.3 is 5.97 Å². The van der Waals surface area contributed by atoms with Crippen LogP contribution in [0, 0.1) is 52.3 Å². The van der Waals surface area contributed by atoms with E-state index < -0.39 is 5.97 Å². The van der Waals surface area contributed by atoms with Gasteiger partial charge in [-0.25, -0.2) is 0 Å². The van der Waals surface area contributed by atoms with E-state index in [2.05, 4.69) is 27.7 Å². The van der Waals surface area contributed by atoms with E-state index >= 15 is 0 Å². The van der Waals surface area contributed by atoms with Crippen molar-refractivity contribution >= 4 is 5.97 Å². The summed E-state index contributed by atoms with van der Waals surface area (Å²) < 4.78 is 0.